The summed E-state index contributed by atoms with van der Waals surface area (Å²) in [5.74, 6) is -2.16. The minimum Gasteiger partial charge on any atom is -0.481 e. The first kappa shape index (κ1) is 15.8. The standard InChI is InChI=1S/C15H18N2O5/c18-13(19)11-3-1-10(2-4-11)9-16-15(22)17-7-5-12(6-8-17)14(20)21/h1-4,12H,5-9H2,(H,16,22)(H,18,19)(H,20,21). The van der Waals surface area contributed by atoms with E-state index in [2.05, 4.69) is 5.32 Å². The van der Waals surface area contributed by atoms with Crippen LogP contribution in [-0.2, 0) is 11.3 Å². The summed E-state index contributed by atoms with van der Waals surface area (Å²) in [5, 5.41) is 20.5. The summed E-state index contributed by atoms with van der Waals surface area (Å²) in [6.07, 6.45) is 0.937. The first-order valence-electron chi connectivity index (χ1n) is 7.05. The molecule has 7 heteroatoms. The number of aromatic carboxylic acids is 1. The molecule has 2 rings (SSSR count). The first-order valence-corrected chi connectivity index (χ1v) is 7.05. The van der Waals surface area contributed by atoms with Crippen LogP contribution >= 0.6 is 0 Å². The van der Waals surface area contributed by atoms with E-state index in [0.29, 0.717) is 32.5 Å². The van der Waals surface area contributed by atoms with Crippen LogP contribution in [0.25, 0.3) is 0 Å². The first-order chi connectivity index (χ1) is 10.5. The molecule has 22 heavy (non-hydrogen) atoms. The van der Waals surface area contributed by atoms with Crippen molar-refractivity contribution < 1.29 is 24.6 Å². The second-order valence-corrected chi connectivity index (χ2v) is 5.26. The molecule has 1 aliphatic rings. The number of carbonyl (C=O) groups excluding carboxylic acids is 1. The Morgan fingerprint density at radius 1 is 1.09 bits per heavy atom. The van der Waals surface area contributed by atoms with Gasteiger partial charge in [0, 0.05) is 19.6 Å². The van der Waals surface area contributed by atoms with Gasteiger partial charge in [-0.1, -0.05) is 12.1 Å². The number of hydrogen-bond donors (Lipinski definition) is 3. The van der Waals surface area contributed by atoms with Crippen LogP contribution < -0.4 is 5.32 Å². The summed E-state index contributed by atoms with van der Waals surface area (Å²) in [7, 11) is 0. The van der Waals surface area contributed by atoms with Crippen LogP contribution in [0.5, 0.6) is 0 Å². The number of carboxylic acids is 2. The molecule has 0 bridgehead atoms. The maximum atomic E-state index is 12.0. The Morgan fingerprint density at radius 2 is 1.68 bits per heavy atom. The lowest BCUT2D eigenvalue weighted by Gasteiger charge is -2.30. The third kappa shape index (κ3) is 3.97. The monoisotopic (exact) mass is 306 g/mol. The average Bonchev–Trinajstić information content (AvgIpc) is 2.53. The van der Waals surface area contributed by atoms with Crippen LogP contribution in [0.4, 0.5) is 4.79 Å². The highest BCUT2D eigenvalue weighted by Gasteiger charge is 2.26. The van der Waals surface area contributed by atoms with Crippen molar-refractivity contribution in [3.63, 3.8) is 0 Å². The number of rotatable bonds is 4. The topological polar surface area (TPSA) is 107 Å². The van der Waals surface area contributed by atoms with Crippen molar-refractivity contribution in [2.24, 2.45) is 5.92 Å². The van der Waals surface area contributed by atoms with Crippen molar-refractivity contribution in [1.29, 1.82) is 0 Å². The molecular weight excluding hydrogens is 288 g/mol. The van der Waals surface area contributed by atoms with Crippen LogP contribution in [0.15, 0.2) is 24.3 Å². The second-order valence-electron chi connectivity index (χ2n) is 5.26. The molecule has 7 nitrogen and oxygen atoms in total. The molecule has 0 aliphatic carbocycles. The van der Waals surface area contributed by atoms with E-state index in [1.165, 1.54) is 12.1 Å². The summed E-state index contributed by atoms with van der Waals surface area (Å²) in [6.45, 7) is 1.17. The number of urea groups is 1. The predicted octanol–water partition coefficient (Wildman–Crippen LogP) is 1.39. The van der Waals surface area contributed by atoms with Gasteiger partial charge in [0.1, 0.15) is 0 Å². The van der Waals surface area contributed by atoms with Crippen LogP contribution in [-0.4, -0.2) is 46.2 Å². The van der Waals surface area contributed by atoms with Gasteiger partial charge in [0.05, 0.1) is 11.5 Å². The second kappa shape index (κ2) is 6.93. The molecule has 1 aromatic rings. The van der Waals surface area contributed by atoms with E-state index in [1.54, 1.807) is 17.0 Å². The third-order valence-electron chi connectivity index (χ3n) is 3.78. The lowest BCUT2D eigenvalue weighted by Crippen LogP contribution is -2.45. The number of piperidine rings is 1. The minimum atomic E-state index is -0.989. The average molecular weight is 306 g/mol. The summed E-state index contributed by atoms with van der Waals surface area (Å²) in [6, 6.07) is 6.05. The molecular formula is C15H18N2O5. The summed E-state index contributed by atoms with van der Waals surface area (Å²) in [4.78, 5) is 35.2. The van der Waals surface area contributed by atoms with Crippen molar-refractivity contribution in [3.05, 3.63) is 35.4 Å². The number of benzene rings is 1. The molecule has 0 aromatic heterocycles. The van der Waals surface area contributed by atoms with Crippen LogP contribution in [0.3, 0.4) is 0 Å². The molecule has 1 heterocycles. The van der Waals surface area contributed by atoms with E-state index in [4.69, 9.17) is 10.2 Å². The number of carbonyl (C=O) groups is 3. The Kier molecular flexibility index (Phi) is 4.98. The molecule has 118 valence electrons. The van der Waals surface area contributed by atoms with Crippen molar-refractivity contribution in [3.8, 4) is 0 Å². The maximum Gasteiger partial charge on any atom is 0.335 e. The van der Waals surface area contributed by atoms with Gasteiger partial charge in [0.15, 0.2) is 0 Å². The van der Waals surface area contributed by atoms with Gasteiger partial charge in [-0.2, -0.15) is 0 Å². The molecule has 0 unspecified atom stereocenters. The number of aliphatic carboxylic acids is 1. The van der Waals surface area contributed by atoms with Crippen molar-refractivity contribution in [1.82, 2.24) is 10.2 Å². The van der Waals surface area contributed by atoms with E-state index >= 15 is 0 Å². The van der Waals surface area contributed by atoms with Gasteiger partial charge in [0.25, 0.3) is 0 Å². The van der Waals surface area contributed by atoms with Gasteiger partial charge < -0.3 is 20.4 Å². The number of nitrogens with one attached hydrogen (secondary N) is 1. The summed E-state index contributed by atoms with van der Waals surface area (Å²) >= 11 is 0. The minimum absolute atomic E-state index is 0.200. The Labute approximate surface area is 127 Å². The van der Waals surface area contributed by atoms with Crippen molar-refractivity contribution >= 4 is 18.0 Å². The van der Waals surface area contributed by atoms with Crippen LogP contribution in [0.1, 0.15) is 28.8 Å². The number of carboxylic acid groups (broad SMARTS) is 2. The zero-order valence-electron chi connectivity index (χ0n) is 12.0. The zero-order chi connectivity index (χ0) is 16.1. The van der Waals surface area contributed by atoms with Crippen LogP contribution in [0, 0.1) is 5.92 Å². The van der Waals surface area contributed by atoms with Gasteiger partial charge in [-0.15, -0.1) is 0 Å². The highest BCUT2D eigenvalue weighted by molar-refractivity contribution is 5.87. The Morgan fingerprint density at radius 3 is 2.18 bits per heavy atom. The molecule has 0 atom stereocenters. The van der Waals surface area contributed by atoms with Gasteiger partial charge in [0.2, 0.25) is 0 Å². The number of likely N-dealkylation sites (tertiary alicyclic amines) is 1. The largest absolute Gasteiger partial charge is 0.481 e. The lowest BCUT2D eigenvalue weighted by atomic mass is 9.97. The van der Waals surface area contributed by atoms with Gasteiger partial charge in [-0.25, -0.2) is 9.59 Å². The number of nitrogens with zero attached hydrogens (tertiary/aromatic N) is 1. The number of amides is 2. The molecule has 0 spiro atoms. The predicted molar refractivity (Wildman–Crippen MR) is 77.6 cm³/mol. The van der Waals surface area contributed by atoms with E-state index in [-0.39, 0.29) is 17.5 Å². The number of hydrogen-bond acceptors (Lipinski definition) is 3. The Hall–Kier alpha value is -2.57. The third-order valence-corrected chi connectivity index (χ3v) is 3.78. The maximum absolute atomic E-state index is 12.0. The lowest BCUT2D eigenvalue weighted by molar-refractivity contribution is -0.143. The SMILES string of the molecule is O=C(O)c1ccc(CNC(=O)N2CCC(C(=O)O)CC2)cc1. The van der Waals surface area contributed by atoms with Gasteiger partial charge in [-0.05, 0) is 30.5 Å². The highest BCUT2D eigenvalue weighted by atomic mass is 16.4. The van der Waals surface area contributed by atoms with Crippen molar-refractivity contribution in [2.45, 2.75) is 19.4 Å². The molecule has 0 saturated carbocycles. The van der Waals surface area contributed by atoms with E-state index in [1.807, 2.05) is 0 Å². The summed E-state index contributed by atoms with van der Waals surface area (Å²) < 4.78 is 0. The molecule has 1 saturated heterocycles. The van der Waals surface area contributed by atoms with Crippen molar-refractivity contribution in [2.75, 3.05) is 13.1 Å². The normalized spacial score (nSPS) is 15.4. The van der Waals surface area contributed by atoms with Crippen LogP contribution in [0.2, 0.25) is 0 Å². The fourth-order valence-electron chi connectivity index (χ4n) is 2.38. The smallest absolute Gasteiger partial charge is 0.335 e. The zero-order valence-corrected chi connectivity index (χ0v) is 12.0. The van der Waals surface area contributed by atoms with Gasteiger partial charge in [-0.3, -0.25) is 4.79 Å². The summed E-state index contributed by atoms with van der Waals surface area (Å²) in [5.41, 5.74) is 1.00. The molecule has 1 fully saturated rings. The highest BCUT2D eigenvalue weighted by Crippen LogP contribution is 2.17. The quantitative estimate of drug-likeness (QED) is 0.779. The Bertz CT molecular complexity index is 562. The van der Waals surface area contributed by atoms with Gasteiger partial charge >= 0.3 is 18.0 Å². The van der Waals surface area contributed by atoms with E-state index in [0.717, 1.165) is 5.56 Å². The molecule has 3 N–H and O–H groups in total. The molecule has 0 radical (unpaired) electrons. The fraction of sp³-hybridized carbons (Fsp3) is 0.400. The molecule has 1 aromatic carbocycles. The Balaban J connectivity index is 1.80. The van der Waals surface area contributed by atoms with E-state index in [9.17, 15) is 14.4 Å². The molecule has 1 aliphatic heterocycles. The molecule has 2 amide bonds. The fourth-order valence-corrected chi connectivity index (χ4v) is 2.38. The van der Waals surface area contributed by atoms with E-state index < -0.39 is 11.9 Å².